The number of aromatic carboxylic acids is 2. The van der Waals surface area contributed by atoms with Gasteiger partial charge in [0.05, 0.1) is 22.1 Å². The summed E-state index contributed by atoms with van der Waals surface area (Å²) in [5.41, 5.74) is -1.40. The summed E-state index contributed by atoms with van der Waals surface area (Å²) in [5, 5.41) is 28.9. The molecular formula is C15H11NO9S. The second-order valence-corrected chi connectivity index (χ2v) is 6.61. The van der Waals surface area contributed by atoms with Crippen LogP contribution in [0.3, 0.4) is 0 Å². The summed E-state index contributed by atoms with van der Waals surface area (Å²) >= 11 is 0. The zero-order valence-electron chi connectivity index (χ0n) is 13.1. The Balaban J connectivity index is 2.47. The second-order valence-electron chi connectivity index (χ2n) is 5.06. The van der Waals surface area contributed by atoms with Gasteiger partial charge >= 0.3 is 22.1 Å². The molecule has 0 saturated carbocycles. The summed E-state index contributed by atoms with van der Waals surface area (Å²) in [7, 11) is -4.55. The van der Waals surface area contributed by atoms with E-state index in [4.69, 9.17) is 14.4 Å². The van der Waals surface area contributed by atoms with Gasteiger partial charge in [0.25, 0.3) is 5.69 Å². The molecule has 2 rings (SSSR count). The van der Waals surface area contributed by atoms with Gasteiger partial charge in [-0.1, -0.05) is 0 Å². The van der Waals surface area contributed by atoms with Gasteiger partial charge in [0, 0.05) is 5.56 Å². The van der Waals surface area contributed by atoms with Gasteiger partial charge in [-0.25, -0.2) is 9.59 Å². The average molecular weight is 381 g/mol. The number of aryl methyl sites for hydroxylation is 1. The molecule has 0 heterocycles. The van der Waals surface area contributed by atoms with Crippen molar-refractivity contribution in [3.05, 3.63) is 63.2 Å². The molecule has 0 saturated heterocycles. The van der Waals surface area contributed by atoms with E-state index in [0.29, 0.717) is 11.6 Å². The fraction of sp³-hybridized carbons (Fsp3) is 0.0667. The van der Waals surface area contributed by atoms with Gasteiger partial charge in [-0.15, -0.1) is 0 Å². The number of carboxylic acids is 2. The molecule has 0 radical (unpaired) electrons. The Bertz CT molecular complexity index is 1030. The Morgan fingerprint density at radius 3 is 2.19 bits per heavy atom. The van der Waals surface area contributed by atoms with Crippen molar-refractivity contribution in [1.29, 1.82) is 0 Å². The number of carbonyl (C=O) groups is 2. The van der Waals surface area contributed by atoms with Crippen molar-refractivity contribution in [2.75, 3.05) is 0 Å². The van der Waals surface area contributed by atoms with Crippen LogP contribution < -0.4 is 4.18 Å². The predicted octanol–water partition coefficient (Wildman–Crippen LogP) is 2.07. The zero-order valence-corrected chi connectivity index (χ0v) is 13.9. The molecule has 2 aromatic carbocycles. The minimum absolute atomic E-state index is 0.290. The van der Waals surface area contributed by atoms with Crippen LogP contribution in [0.2, 0.25) is 0 Å². The molecule has 11 heteroatoms. The first-order valence-corrected chi connectivity index (χ1v) is 8.24. The summed E-state index contributed by atoms with van der Waals surface area (Å²) in [5.74, 6) is -3.52. The largest absolute Gasteiger partial charge is 0.478 e. The van der Waals surface area contributed by atoms with Crippen molar-refractivity contribution < 1.29 is 37.3 Å². The van der Waals surface area contributed by atoms with Crippen LogP contribution in [0, 0.1) is 17.0 Å². The first kappa shape index (κ1) is 18.9. The minimum Gasteiger partial charge on any atom is -0.478 e. The molecule has 26 heavy (non-hydrogen) atoms. The molecule has 0 amide bonds. The smallest absolute Gasteiger partial charge is 0.339 e. The molecule has 0 unspecified atom stereocenters. The number of rotatable bonds is 6. The summed E-state index contributed by atoms with van der Waals surface area (Å²) < 4.78 is 29.4. The van der Waals surface area contributed by atoms with Gasteiger partial charge in [-0.05, 0) is 37.3 Å². The maximum Gasteiger partial charge on any atom is 0.339 e. The quantitative estimate of drug-likeness (QED) is 0.433. The number of benzene rings is 2. The van der Waals surface area contributed by atoms with E-state index in [1.165, 1.54) is 19.1 Å². The number of hydrogen-bond acceptors (Lipinski definition) is 7. The Morgan fingerprint density at radius 2 is 1.65 bits per heavy atom. The van der Waals surface area contributed by atoms with Crippen LogP contribution in [-0.2, 0) is 10.1 Å². The van der Waals surface area contributed by atoms with Crippen LogP contribution in [0.1, 0.15) is 26.3 Å². The van der Waals surface area contributed by atoms with Crippen LogP contribution in [0.4, 0.5) is 5.69 Å². The van der Waals surface area contributed by atoms with Crippen LogP contribution in [-0.4, -0.2) is 35.5 Å². The first-order chi connectivity index (χ1) is 12.0. The molecule has 2 N–H and O–H groups in total. The molecule has 0 aliphatic heterocycles. The molecule has 0 atom stereocenters. The molecule has 0 spiro atoms. The van der Waals surface area contributed by atoms with Gasteiger partial charge in [0.1, 0.15) is 10.6 Å². The molecule has 0 fully saturated rings. The van der Waals surface area contributed by atoms with Crippen LogP contribution in [0.15, 0.2) is 41.3 Å². The maximum absolute atomic E-state index is 12.3. The minimum atomic E-state index is -4.55. The van der Waals surface area contributed by atoms with E-state index in [2.05, 4.69) is 0 Å². The summed E-state index contributed by atoms with van der Waals surface area (Å²) in [6, 6.07) is 5.73. The zero-order chi connectivity index (χ0) is 19.6. The van der Waals surface area contributed by atoms with Crippen molar-refractivity contribution in [2.45, 2.75) is 11.8 Å². The SMILES string of the molecule is Cc1ccc(OS(=O)(=O)c2ccc(C(=O)O)c(C(=O)O)c2)cc1[N+](=O)[O-]. The molecule has 10 nitrogen and oxygen atoms in total. The topological polar surface area (TPSA) is 161 Å². The highest BCUT2D eigenvalue weighted by Crippen LogP contribution is 2.27. The molecule has 136 valence electrons. The van der Waals surface area contributed by atoms with Gasteiger partial charge < -0.3 is 14.4 Å². The van der Waals surface area contributed by atoms with E-state index >= 15 is 0 Å². The third-order valence-corrected chi connectivity index (χ3v) is 4.57. The number of carboxylic acid groups (broad SMARTS) is 2. The monoisotopic (exact) mass is 381 g/mol. The Morgan fingerprint density at radius 1 is 1.04 bits per heavy atom. The lowest BCUT2D eigenvalue weighted by molar-refractivity contribution is -0.385. The van der Waals surface area contributed by atoms with E-state index in [0.717, 1.165) is 18.2 Å². The second kappa shape index (κ2) is 6.80. The van der Waals surface area contributed by atoms with Crippen LogP contribution in [0.25, 0.3) is 0 Å². The first-order valence-electron chi connectivity index (χ1n) is 6.83. The van der Waals surface area contributed by atoms with Crippen molar-refractivity contribution in [1.82, 2.24) is 0 Å². The maximum atomic E-state index is 12.3. The number of nitro groups is 1. The van der Waals surface area contributed by atoms with Gasteiger partial charge in [-0.2, -0.15) is 8.42 Å². The molecule has 0 aromatic heterocycles. The number of nitro benzene ring substituents is 1. The normalized spacial score (nSPS) is 11.0. The lowest BCUT2D eigenvalue weighted by atomic mass is 10.1. The lowest BCUT2D eigenvalue weighted by Gasteiger charge is -2.09. The van der Waals surface area contributed by atoms with Gasteiger partial charge in [-0.3, -0.25) is 10.1 Å². The average Bonchev–Trinajstić information content (AvgIpc) is 2.55. The Hall–Kier alpha value is -3.47. The molecule has 0 aliphatic carbocycles. The van der Waals surface area contributed by atoms with Gasteiger partial charge in [0.15, 0.2) is 0 Å². The van der Waals surface area contributed by atoms with Crippen LogP contribution in [0.5, 0.6) is 5.75 Å². The highest BCUT2D eigenvalue weighted by molar-refractivity contribution is 7.87. The third kappa shape index (κ3) is 3.78. The Labute approximate surface area is 146 Å². The fourth-order valence-electron chi connectivity index (χ4n) is 2.05. The van der Waals surface area contributed by atoms with Crippen LogP contribution >= 0.6 is 0 Å². The third-order valence-electron chi connectivity index (χ3n) is 3.32. The summed E-state index contributed by atoms with van der Waals surface area (Å²) in [6.45, 7) is 1.46. The highest BCUT2D eigenvalue weighted by atomic mass is 32.2. The molecule has 0 aliphatic rings. The predicted molar refractivity (Wildman–Crippen MR) is 86.0 cm³/mol. The van der Waals surface area contributed by atoms with Gasteiger partial charge in [0.2, 0.25) is 0 Å². The molecular weight excluding hydrogens is 370 g/mol. The van der Waals surface area contributed by atoms with E-state index in [1.54, 1.807) is 0 Å². The lowest BCUT2D eigenvalue weighted by Crippen LogP contribution is -2.14. The van der Waals surface area contributed by atoms with Crippen molar-refractivity contribution in [3.63, 3.8) is 0 Å². The van der Waals surface area contributed by atoms with Crippen molar-refractivity contribution in [2.24, 2.45) is 0 Å². The standard InChI is InChI=1S/C15H11NO9S/c1-8-2-3-9(6-13(8)16(21)22)25-26(23,24)10-4-5-11(14(17)18)12(7-10)15(19)20/h2-7H,1H3,(H,17,18)(H,19,20). The number of nitrogens with zero attached hydrogens (tertiary/aromatic N) is 1. The van der Waals surface area contributed by atoms with Crippen molar-refractivity contribution >= 4 is 27.7 Å². The van der Waals surface area contributed by atoms with E-state index in [1.807, 2.05) is 0 Å². The molecule has 0 bridgehead atoms. The summed E-state index contributed by atoms with van der Waals surface area (Å²) in [6.07, 6.45) is 0. The molecule has 2 aromatic rings. The highest BCUT2D eigenvalue weighted by Gasteiger charge is 2.24. The van der Waals surface area contributed by atoms with E-state index < -0.39 is 43.0 Å². The Kier molecular flexibility index (Phi) is 4.93. The summed E-state index contributed by atoms with van der Waals surface area (Å²) in [4.78, 5) is 31.7. The van der Waals surface area contributed by atoms with E-state index in [9.17, 15) is 28.1 Å². The number of hydrogen-bond donors (Lipinski definition) is 2. The fourth-order valence-corrected chi connectivity index (χ4v) is 3.00. The van der Waals surface area contributed by atoms with E-state index in [-0.39, 0.29) is 11.4 Å². The van der Waals surface area contributed by atoms with Crippen molar-refractivity contribution in [3.8, 4) is 5.75 Å².